The van der Waals surface area contributed by atoms with Crippen molar-refractivity contribution in [3.63, 3.8) is 0 Å². The van der Waals surface area contributed by atoms with Crippen molar-refractivity contribution in [3.05, 3.63) is 24.3 Å². The zero-order valence-corrected chi connectivity index (χ0v) is 36.5. The number of ether oxygens (including phenoxy) is 2. The molecule has 0 rings (SSSR count). The number of phosphoric ester groups is 1. The molecule has 0 radical (unpaired) electrons. The zero-order chi connectivity index (χ0) is 40.2. The van der Waals surface area contributed by atoms with E-state index in [1.165, 1.54) is 89.9 Å². The van der Waals surface area contributed by atoms with Gasteiger partial charge in [0.05, 0.1) is 21.1 Å². The first-order valence-corrected chi connectivity index (χ1v) is 23.5. The molecule has 0 fully saturated rings. The summed E-state index contributed by atoms with van der Waals surface area (Å²) in [4.78, 5) is 46.0. The molecule has 0 aromatic heterocycles. The number of likely N-dealkylation sites (N-methyl/N-ethyl adjacent to an activating group) is 1. The minimum atomic E-state index is -4.93. The minimum Gasteiger partial charge on any atom is -0.756 e. The van der Waals surface area contributed by atoms with E-state index in [4.69, 9.17) is 14.0 Å². The molecule has 0 aliphatic rings. The van der Waals surface area contributed by atoms with Gasteiger partial charge in [-0.2, -0.15) is 0 Å². The number of esters is 2. The molecule has 0 saturated heterocycles. The molecular formula is C44H84NO8P. The lowest BCUT2D eigenvalue weighted by Crippen LogP contribution is -2.50. The molecule has 0 aliphatic carbocycles. The lowest BCUT2D eigenvalue weighted by atomic mass is 10.1. The standard InChI is InChI=1S/C44H84NO8P/c1-6-8-10-12-14-16-18-20-22-24-26-28-30-32-34-36-43(46)51-40-42(38-41(45(3,4)5)39-52-54(48,49)50)53-44(47)37-35-33-31-29-27-25-23-21-19-17-15-13-11-9-7-2/h20-23,41-42H,6-19,24-40H2,1-5H3,(H-,48,49,50)/t41-,42?/m1/s1. The third-order valence-electron chi connectivity index (χ3n) is 10.1. The average Bonchev–Trinajstić information content (AvgIpc) is 3.11. The smallest absolute Gasteiger partial charge is 0.306 e. The molecule has 2 unspecified atom stereocenters. The highest BCUT2D eigenvalue weighted by Gasteiger charge is 2.31. The van der Waals surface area contributed by atoms with Crippen molar-refractivity contribution in [2.45, 2.75) is 212 Å². The zero-order valence-electron chi connectivity index (χ0n) is 35.6. The molecule has 0 saturated carbocycles. The summed E-state index contributed by atoms with van der Waals surface area (Å²) in [6.07, 6.45) is 39.9. The van der Waals surface area contributed by atoms with Crippen LogP contribution in [0, 0.1) is 0 Å². The van der Waals surface area contributed by atoms with Crippen molar-refractivity contribution in [1.29, 1.82) is 0 Å². The lowest BCUT2D eigenvalue weighted by Gasteiger charge is -2.36. The molecule has 0 bridgehead atoms. The monoisotopic (exact) mass is 786 g/mol. The first-order chi connectivity index (χ1) is 25.9. The van der Waals surface area contributed by atoms with Crippen LogP contribution in [0.5, 0.6) is 0 Å². The van der Waals surface area contributed by atoms with Gasteiger partial charge >= 0.3 is 11.9 Å². The summed E-state index contributed by atoms with van der Waals surface area (Å²) in [5.41, 5.74) is 0. The Balaban J connectivity index is 4.52. The van der Waals surface area contributed by atoms with E-state index in [0.717, 1.165) is 77.0 Å². The van der Waals surface area contributed by atoms with E-state index in [1.807, 2.05) is 21.1 Å². The fraction of sp³-hybridized carbons (Fsp3) is 0.864. The van der Waals surface area contributed by atoms with Crippen molar-refractivity contribution in [3.8, 4) is 0 Å². The van der Waals surface area contributed by atoms with Crippen molar-refractivity contribution in [2.24, 2.45) is 0 Å². The third kappa shape index (κ3) is 37.4. The molecule has 0 heterocycles. The summed E-state index contributed by atoms with van der Waals surface area (Å²) in [5, 5.41) is 0. The van der Waals surface area contributed by atoms with E-state index in [0.29, 0.717) is 10.9 Å². The number of hydrogen-bond acceptors (Lipinski definition) is 7. The molecule has 54 heavy (non-hydrogen) atoms. The van der Waals surface area contributed by atoms with Crippen LogP contribution in [0.25, 0.3) is 0 Å². The lowest BCUT2D eigenvalue weighted by molar-refractivity contribution is -0.897. The number of unbranched alkanes of at least 4 members (excludes halogenated alkanes) is 22. The van der Waals surface area contributed by atoms with Gasteiger partial charge in [-0.15, -0.1) is 0 Å². The van der Waals surface area contributed by atoms with Crippen LogP contribution in [0.3, 0.4) is 0 Å². The van der Waals surface area contributed by atoms with Gasteiger partial charge in [0.2, 0.25) is 0 Å². The topological polar surface area (TPSA) is 122 Å². The number of nitrogens with zero attached hydrogens (tertiary/aromatic N) is 1. The second-order valence-corrected chi connectivity index (χ2v) is 17.4. The molecular weight excluding hydrogens is 701 g/mol. The fourth-order valence-electron chi connectivity index (χ4n) is 6.42. The van der Waals surface area contributed by atoms with Gasteiger partial charge in [0, 0.05) is 19.3 Å². The van der Waals surface area contributed by atoms with Crippen LogP contribution >= 0.6 is 7.82 Å². The Bertz CT molecular complexity index is 990. The molecule has 3 atom stereocenters. The van der Waals surface area contributed by atoms with E-state index in [1.54, 1.807) is 0 Å². The van der Waals surface area contributed by atoms with Crippen LogP contribution < -0.4 is 4.89 Å². The Hall–Kier alpha value is -1.51. The van der Waals surface area contributed by atoms with Crippen LogP contribution in [0.4, 0.5) is 0 Å². The van der Waals surface area contributed by atoms with Gasteiger partial charge in [0.1, 0.15) is 25.4 Å². The summed E-state index contributed by atoms with van der Waals surface area (Å²) in [7, 11) is 0.669. The quantitative estimate of drug-likeness (QED) is 0.0215. The van der Waals surface area contributed by atoms with E-state index < -0.39 is 20.0 Å². The van der Waals surface area contributed by atoms with Crippen LogP contribution in [0.15, 0.2) is 24.3 Å². The van der Waals surface area contributed by atoms with Gasteiger partial charge in [0.25, 0.3) is 7.82 Å². The van der Waals surface area contributed by atoms with E-state index in [9.17, 15) is 23.9 Å². The van der Waals surface area contributed by atoms with Gasteiger partial charge in [-0.05, 0) is 64.2 Å². The Morgan fingerprint density at radius 1 is 0.593 bits per heavy atom. The first kappa shape index (κ1) is 52.5. The van der Waals surface area contributed by atoms with Gasteiger partial charge < -0.3 is 28.3 Å². The van der Waals surface area contributed by atoms with E-state index >= 15 is 0 Å². The summed E-state index contributed by atoms with van der Waals surface area (Å²) < 4.78 is 27.7. The highest BCUT2D eigenvalue weighted by molar-refractivity contribution is 7.44. The minimum absolute atomic E-state index is 0.104. The fourth-order valence-corrected chi connectivity index (χ4v) is 6.79. The second kappa shape index (κ2) is 35.9. The van der Waals surface area contributed by atoms with Crippen molar-refractivity contribution in [1.82, 2.24) is 0 Å². The Labute approximate surface area is 332 Å². The van der Waals surface area contributed by atoms with Crippen molar-refractivity contribution < 1.29 is 42.4 Å². The molecule has 10 heteroatoms. The number of carbonyl (C=O) groups excluding carboxylic acids is 2. The van der Waals surface area contributed by atoms with E-state index in [2.05, 4.69) is 38.2 Å². The number of quaternary nitrogens is 1. The molecule has 0 amide bonds. The molecule has 0 aromatic rings. The Morgan fingerprint density at radius 2 is 0.963 bits per heavy atom. The van der Waals surface area contributed by atoms with Crippen LogP contribution in [-0.4, -0.2) is 67.8 Å². The molecule has 318 valence electrons. The summed E-state index contributed by atoms with van der Waals surface area (Å²) in [6, 6.07) is -0.443. The molecule has 0 aromatic carbocycles. The Morgan fingerprint density at radius 3 is 1.35 bits per heavy atom. The van der Waals surface area contributed by atoms with Crippen LogP contribution in [-0.2, 0) is 28.2 Å². The number of carbonyl (C=O) groups is 2. The predicted octanol–water partition coefficient (Wildman–Crippen LogP) is 11.5. The highest BCUT2D eigenvalue weighted by atomic mass is 31.2. The first-order valence-electron chi connectivity index (χ1n) is 22.0. The maximum atomic E-state index is 12.9. The average molecular weight is 786 g/mol. The number of hydrogen-bond donors (Lipinski definition) is 1. The highest BCUT2D eigenvalue weighted by Crippen LogP contribution is 2.32. The third-order valence-corrected chi connectivity index (χ3v) is 10.5. The number of phosphoric acid groups is 1. The predicted molar refractivity (Wildman–Crippen MR) is 222 cm³/mol. The van der Waals surface area contributed by atoms with Crippen LogP contribution in [0.1, 0.15) is 200 Å². The number of rotatable bonds is 39. The summed E-state index contributed by atoms with van der Waals surface area (Å²) in [5.74, 6) is -0.688. The summed E-state index contributed by atoms with van der Waals surface area (Å²) in [6.45, 7) is 4.11. The maximum absolute atomic E-state index is 12.9. The maximum Gasteiger partial charge on any atom is 0.306 e. The molecule has 9 nitrogen and oxygen atoms in total. The van der Waals surface area contributed by atoms with Gasteiger partial charge in [0.15, 0.2) is 0 Å². The van der Waals surface area contributed by atoms with E-state index in [-0.39, 0.29) is 38.0 Å². The van der Waals surface area contributed by atoms with Gasteiger partial charge in [-0.1, -0.05) is 141 Å². The second-order valence-electron chi connectivity index (χ2n) is 16.2. The molecule has 0 spiro atoms. The Kier molecular flexibility index (Phi) is 34.9. The van der Waals surface area contributed by atoms with Gasteiger partial charge in [-0.3, -0.25) is 14.2 Å². The largest absolute Gasteiger partial charge is 0.756 e. The van der Waals surface area contributed by atoms with Crippen molar-refractivity contribution >= 4 is 19.8 Å². The molecule has 0 aliphatic heterocycles. The van der Waals surface area contributed by atoms with Gasteiger partial charge in [-0.25, -0.2) is 0 Å². The van der Waals surface area contributed by atoms with Crippen LogP contribution in [0.2, 0.25) is 0 Å². The summed E-state index contributed by atoms with van der Waals surface area (Å²) >= 11 is 0. The SMILES string of the molecule is CCCCCCCCC=CCCCCCCCC(=O)OCC(C[C@H](COP(=O)([O-])O)[N+](C)(C)C)OC(=O)CCCCCCCC=CCCCCCCCC. The number of allylic oxidation sites excluding steroid dienone is 4. The molecule has 1 N–H and O–H groups in total. The normalized spacial score (nSPS) is 14.4. The van der Waals surface area contributed by atoms with Crippen molar-refractivity contribution in [2.75, 3.05) is 34.4 Å².